The molecule has 0 aliphatic rings. The van der Waals surface area contributed by atoms with Gasteiger partial charge in [0.2, 0.25) is 5.91 Å². The van der Waals surface area contributed by atoms with E-state index >= 15 is 0 Å². The lowest BCUT2D eigenvalue weighted by Crippen LogP contribution is -2.15. The number of nitrogens with two attached hydrogens (primary N) is 1. The van der Waals surface area contributed by atoms with Gasteiger partial charge in [-0.2, -0.15) is 5.10 Å². The van der Waals surface area contributed by atoms with Crippen molar-refractivity contribution >= 4 is 22.2 Å². The number of carbonyl (C=O) groups excluding carboxylic acids is 1. The normalized spacial score (nSPS) is 11.3. The molecule has 0 spiro atoms. The molecule has 0 aromatic carbocycles. The lowest BCUT2D eigenvalue weighted by Gasteiger charge is -2.03. The summed E-state index contributed by atoms with van der Waals surface area (Å²) in [6, 6.07) is 0. The summed E-state index contributed by atoms with van der Waals surface area (Å²) in [4.78, 5) is 20.8. The van der Waals surface area contributed by atoms with E-state index in [1.54, 1.807) is 4.68 Å². The first kappa shape index (κ1) is 13.7. The van der Waals surface area contributed by atoms with Crippen LogP contribution < -0.4 is 5.73 Å². The number of amides is 1. The number of thiazole rings is 1. The zero-order valence-corrected chi connectivity index (χ0v) is 12.2. The second-order valence-electron chi connectivity index (χ2n) is 4.54. The van der Waals surface area contributed by atoms with Crippen molar-refractivity contribution in [3.8, 4) is 11.5 Å². The highest BCUT2D eigenvalue weighted by Gasteiger charge is 2.20. The fourth-order valence-corrected chi connectivity index (χ4v) is 2.97. The standard InChI is InChI=1S/C12H14N6O2S/c1-7-10(17-3-5-21-12(17)14-7)11-15-9(6-8(13)20)16-18(11)2-4-19/h3,5,19H,2,4,6H2,1H3,(H2,13,20). The van der Waals surface area contributed by atoms with E-state index in [4.69, 9.17) is 5.73 Å². The Morgan fingerprint density at radius 2 is 2.29 bits per heavy atom. The number of carbonyl (C=O) groups is 1. The molecule has 3 aromatic rings. The number of imidazole rings is 1. The van der Waals surface area contributed by atoms with Gasteiger partial charge in [0.25, 0.3) is 0 Å². The largest absolute Gasteiger partial charge is 0.394 e. The molecule has 21 heavy (non-hydrogen) atoms. The Morgan fingerprint density at radius 1 is 1.48 bits per heavy atom. The Hall–Kier alpha value is -2.26. The van der Waals surface area contributed by atoms with Gasteiger partial charge in [0.1, 0.15) is 5.69 Å². The number of hydrogen-bond donors (Lipinski definition) is 2. The molecule has 3 N–H and O–H groups in total. The van der Waals surface area contributed by atoms with Crippen molar-refractivity contribution in [2.24, 2.45) is 5.73 Å². The van der Waals surface area contributed by atoms with Gasteiger partial charge in [-0.15, -0.1) is 11.3 Å². The van der Waals surface area contributed by atoms with Crippen LogP contribution in [0, 0.1) is 6.92 Å². The average Bonchev–Trinajstić information content (AvgIpc) is 3.04. The minimum atomic E-state index is -0.492. The molecule has 0 atom stereocenters. The number of aliphatic hydroxyl groups excluding tert-OH is 1. The number of fused-ring (bicyclic) bond motifs is 1. The number of rotatable bonds is 5. The van der Waals surface area contributed by atoms with E-state index < -0.39 is 5.91 Å². The summed E-state index contributed by atoms with van der Waals surface area (Å²) in [5.41, 5.74) is 6.81. The van der Waals surface area contributed by atoms with Crippen LogP contribution in [0.5, 0.6) is 0 Å². The van der Waals surface area contributed by atoms with Gasteiger partial charge in [-0.3, -0.25) is 9.20 Å². The summed E-state index contributed by atoms with van der Waals surface area (Å²) < 4.78 is 3.50. The summed E-state index contributed by atoms with van der Waals surface area (Å²) in [7, 11) is 0. The Balaban J connectivity index is 2.15. The smallest absolute Gasteiger partial charge is 0.225 e. The van der Waals surface area contributed by atoms with Crippen LogP contribution in [-0.4, -0.2) is 41.8 Å². The highest BCUT2D eigenvalue weighted by Crippen LogP contribution is 2.25. The molecule has 0 bridgehead atoms. The van der Waals surface area contributed by atoms with E-state index in [1.165, 1.54) is 11.3 Å². The molecule has 9 heteroatoms. The minimum absolute atomic E-state index is 0.0317. The SMILES string of the molecule is Cc1nc2sccn2c1-c1nc(CC(N)=O)nn1CCO. The third-order valence-electron chi connectivity index (χ3n) is 3.01. The molecule has 110 valence electrons. The highest BCUT2D eigenvalue weighted by molar-refractivity contribution is 7.15. The monoisotopic (exact) mass is 306 g/mol. The molecule has 0 aliphatic carbocycles. The van der Waals surface area contributed by atoms with Crippen molar-refractivity contribution in [3.63, 3.8) is 0 Å². The topological polar surface area (TPSA) is 111 Å². The van der Waals surface area contributed by atoms with Gasteiger partial charge in [-0.25, -0.2) is 14.6 Å². The number of aromatic nitrogens is 5. The molecule has 8 nitrogen and oxygen atoms in total. The van der Waals surface area contributed by atoms with E-state index in [2.05, 4.69) is 15.1 Å². The third kappa shape index (κ3) is 2.41. The molecule has 0 saturated carbocycles. The maximum Gasteiger partial charge on any atom is 0.225 e. The van der Waals surface area contributed by atoms with Crippen molar-refractivity contribution in [2.75, 3.05) is 6.61 Å². The van der Waals surface area contributed by atoms with Gasteiger partial charge in [-0.1, -0.05) is 0 Å². The molecule has 1 amide bonds. The van der Waals surface area contributed by atoms with Gasteiger partial charge in [0.15, 0.2) is 16.6 Å². The zero-order valence-electron chi connectivity index (χ0n) is 11.4. The molecule has 0 radical (unpaired) electrons. The first-order chi connectivity index (χ1) is 10.1. The maximum absolute atomic E-state index is 11.0. The molecule has 3 heterocycles. The molecule has 0 fully saturated rings. The van der Waals surface area contributed by atoms with Gasteiger partial charge in [-0.05, 0) is 6.92 Å². The number of hydrogen-bond acceptors (Lipinski definition) is 6. The number of nitrogens with zero attached hydrogens (tertiary/aromatic N) is 5. The van der Waals surface area contributed by atoms with Crippen molar-refractivity contribution in [1.82, 2.24) is 24.1 Å². The van der Waals surface area contributed by atoms with E-state index in [1.807, 2.05) is 22.9 Å². The maximum atomic E-state index is 11.0. The van der Waals surface area contributed by atoms with E-state index in [0.717, 1.165) is 16.3 Å². The van der Waals surface area contributed by atoms with Crippen LogP contribution >= 0.6 is 11.3 Å². The summed E-state index contributed by atoms with van der Waals surface area (Å²) >= 11 is 1.52. The molecule has 0 saturated heterocycles. The minimum Gasteiger partial charge on any atom is -0.394 e. The van der Waals surface area contributed by atoms with Crippen LogP contribution in [0.3, 0.4) is 0 Å². The van der Waals surface area contributed by atoms with Crippen molar-refractivity contribution < 1.29 is 9.90 Å². The van der Waals surface area contributed by atoms with Gasteiger partial charge < -0.3 is 10.8 Å². The molecule has 3 aromatic heterocycles. The second-order valence-corrected chi connectivity index (χ2v) is 5.42. The highest BCUT2D eigenvalue weighted by atomic mass is 32.1. The molecule has 0 aliphatic heterocycles. The van der Waals surface area contributed by atoms with Gasteiger partial charge in [0, 0.05) is 11.6 Å². The Morgan fingerprint density at radius 3 is 3.00 bits per heavy atom. The molecular formula is C12H14N6O2S. The van der Waals surface area contributed by atoms with Crippen molar-refractivity contribution in [1.29, 1.82) is 0 Å². The molecule has 0 unspecified atom stereocenters. The molecular weight excluding hydrogens is 292 g/mol. The third-order valence-corrected chi connectivity index (χ3v) is 3.76. The number of primary amides is 1. The predicted octanol–water partition coefficient (Wildman–Crippen LogP) is -0.0172. The van der Waals surface area contributed by atoms with Crippen LogP contribution in [0.2, 0.25) is 0 Å². The average molecular weight is 306 g/mol. The lowest BCUT2D eigenvalue weighted by molar-refractivity contribution is -0.117. The Bertz CT molecular complexity index is 802. The number of aliphatic hydroxyl groups is 1. The summed E-state index contributed by atoms with van der Waals surface area (Å²) in [6.45, 7) is 2.11. The first-order valence-corrected chi connectivity index (χ1v) is 7.23. The van der Waals surface area contributed by atoms with Gasteiger partial charge >= 0.3 is 0 Å². The second kappa shape index (κ2) is 5.26. The Kier molecular flexibility index (Phi) is 3.43. The van der Waals surface area contributed by atoms with E-state index in [-0.39, 0.29) is 19.6 Å². The van der Waals surface area contributed by atoms with Crippen LogP contribution in [0.1, 0.15) is 11.5 Å². The van der Waals surface area contributed by atoms with Crippen LogP contribution in [0.15, 0.2) is 11.6 Å². The summed E-state index contributed by atoms with van der Waals surface area (Å²) in [6.07, 6.45) is 1.87. The predicted molar refractivity (Wildman–Crippen MR) is 76.8 cm³/mol. The Labute approximate surface area is 123 Å². The van der Waals surface area contributed by atoms with E-state index in [0.29, 0.717) is 11.6 Å². The number of aryl methyl sites for hydroxylation is 1. The van der Waals surface area contributed by atoms with Crippen LogP contribution in [0.25, 0.3) is 16.5 Å². The van der Waals surface area contributed by atoms with Crippen molar-refractivity contribution in [3.05, 3.63) is 23.1 Å². The lowest BCUT2D eigenvalue weighted by atomic mass is 10.3. The van der Waals surface area contributed by atoms with Crippen LogP contribution in [0.4, 0.5) is 0 Å². The fraction of sp³-hybridized carbons (Fsp3) is 0.333. The summed E-state index contributed by atoms with van der Waals surface area (Å²) in [5.74, 6) is 0.424. The van der Waals surface area contributed by atoms with E-state index in [9.17, 15) is 9.90 Å². The quantitative estimate of drug-likeness (QED) is 0.688. The van der Waals surface area contributed by atoms with Crippen LogP contribution in [-0.2, 0) is 17.8 Å². The van der Waals surface area contributed by atoms with Gasteiger partial charge in [0.05, 0.1) is 25.3 Å². The first-order valence-electron chi connectivity index (χ1n) is 6.35. The summed E-state index contributed by atoms with van der Waals surface area (Å²) in [5, 5.41) is 15.3. The zero-order chi connectivity index (χ0) is 15.0. The van der Waals surface area contributed by atoms with Crippen molar-refractivity contribution in [2.45, 2.75) is 19.9 Å². The molecule has 3 rings (SSSR count). The fourth-order valence-electron chi connectivity index (χ4n) is 2.21.